The standard InChI is InChI=1S/C5H4O3.C5H6O2/c1-3-4(2)8-5(6)7-3;1-4-5(2)7-3-6-4/h1-2H2;1-3H2/i;3T2. The van der Waals surface area contributed by atoms with E-state index in [1.165, 1.54) is 0 Å². The first-order chi connectivity index (χ1) is 7.71. The van der Waals surface area contributed by atoms with E-state index in [0.717, 1.165) is 0 Å². The molecule has 1 saturated heterocycles. The second-order valence-corrected chi connectivity index (χ2v) is 2.43. The summed E-state index contributed by atoms with van der Waals surface area (Å²) < 4.78 is 31.3. The fourth-order valence-electron chi connectivity index (χ4n) is 0.571. The van der Waals surface area contributed by atoms with Crippen LogP contribution < -0.4 is 16.7 Å². The third kappa shape index (κ3) is 2.91. The molecule has 2 rings (SSSR count). The van der Waals surface area contributed by atoms with Gasteiger partial charge >= 0.3 is 5.82 Å². The minimum absolute atomic E-state index is 0.153. The van der Waals surface area contributed by atoms with Crippen molar-refractivity contribution in [3.8, 4) is 0 Å². The van der Waals surface area contributed by atoms with Crippen molar-refractivity contribution in [2.24, 2.45) is 0 Å². The van der Waals surface area contributed by atoms with Crippen LogP contribution in [0.15, 0.2) is 38.3 Å². The molecule has 0 amide bonds. The molecule has 1 aromatic rings. The van der Waals surface area contributed by atoms with Crippen LogP contribution in [-0.2, 0) is 9.47 Å². The van der Waals surface area contributed by atoms with Crippen molar-refractivity contribution in [1.29, 1.82) is 0 Å². The van der Waals surface area contributed by atoms with E-state index in [1.807, 2.05) is 0 Å². The molecule has 80 valence electrons. The summed E-state index contributed by atoms with van der Waals surface area (Å²) in [5, 5.41) is 0. The van der Waals surface area contributed by atoms with Gasteiger partial charge in [0.15, 0.2) is 22.3 Å². The molecule has 5 heteroatoms. The van der Waals surface area contributed by atoms with Crippen LogP contribution in [0.4, 0.5) is 0 Å². The SMILES string of the molecule is C=c1oc(=O)oc1=C.[3H]C1([3H])OC(=C)C(=C)O1. The van der Waals surface area contributed by atoms with Crippen LogP contribution in [-0.4, -0.2) is 6.75 Å². The highest BCUT2D eigenvalue weighted by atomic mass is 16.7. The number of hydrogen-bond acceptors (Lipinski definition) is 5. The lowest BCUT2D eigenvalue weighted by molar-refractivity contribution is 0.0983. The summed E-state index contributed by atoms with van der Waals surface area (Å²) in [4.78, 5) is 10.1. The minimum Gasteiger partial charge on any atom is -0.454 e. The monoisotopic (exact) mass is 214 g/mol. The number of hydrogen-bond donors (Lipinski definition) is 0. The van der Waals surface area contributed by atoms with Crippen LogP contribution in [0.2, 0.25) is 0 Å². The Morgan fingerprint density at radius 3 is 1.53 bits per heavy atom. The Kier molecular flexibility index (Phi) is 2.38. The average Bonchev–Trinajstić information content (AvgIpc) is 2.54. The smallest absolute Gasteiger partial charge is 0.454 e. The van der Waals surface area contributed by atoms with Crippen LogP contribution in [0.3, 0.4) is 0 Å². The Bertz CT molecular complexity index is 546. The van der Waals surface area contributed by atoms with E-state index in [9.17, 15) is 4.79 Å². The highest BCUT2D eigenvalue weighted by Gasteiger charge is 2.08. The minimum atomic E-state index is -2.06. The molecular weight excluding hydrogens is 200 g/mol. The molecule has 0 unspecified atom stereocenters. The van der Waals surface area contributed by atoms with Gasteiger partial charge in [0, 0.05) is 0 Å². The maximum Gasteiger partial charge on any atom is 0.519 e. The molecule has 0 aromatic carbocycles. The van der Waals surface area contributed by atoms with E-state index >= 15 is 0 Å². The maximum absolute atomic E-state index is 10.1. The molecule has 1 aromatic heterocycles. The number of ether oxygens (including phenoxy) is 2. The lowest BCUT2D eigenvalue weighted by Crippen LogP contribution is -2.13. The van der Waals surface area contributed by atoms with E-state index in [2.05, 4.69) is 44.6 Å². The van der Waals surface area contributed by atoms with Crippen LogP contribution in [0.25, 0.3) is 13.2 Å². The van der Waals surface area contributed by atoms with Crippen molar-refractivity contribution < 1.29 is 21.0 Å². The zero-order chi connectivity index (χ0) is 13.2. The molecule has 0 atom stereocenters. The van der Waals surface area contributed by atoms with Gasteiger partial charge in [-0.25, -0.2) is 4.79 Å². The summed E-state index contributed by atoms with van der Waals surface area (Å²) in [6.45, 7) is 11.3. The summed E-state index contributed by atoms with van der Waals surface area (Å²) in [5.74, 6) is -0.444. The first-order valence-electron chi connectivity index (χ1n) is 4.75. The molecule has 0 N–H and O–H groups in total. The highest BCUT2D eigenvalue weighted by molar-refractivity contribution is 5.14. The quantitative estimate of drug-likeness (QED) is 0.611. The molecule has 0 bridgehead atoms. The normalized spacial score (nSPS) is 19.2. The van der Waals surface area contributed by atoms with E-state index in [4.69, 9.17) is 2.74 Å². The zero-order valence-corrected chi connectivity index (χ0v) is 7.87. The van der Waals surface area contributed by atoms with Gasteiger partial charge in [0.25, 0.3) is 0 Å². The fourth-order valence-corrected chi connectivity index (χ4v) is 0.571. The van der Waals surface area contributed by atoms with E-state index in [0.29, 0.717) is 0 Å². The predicted octanol–water partition coefficient (Wildman–Crippen LogP) is 0.0715. The lowest BCUT2D eigenvalue weighted by atomic mass is 10.5. The van der Waals surface area contributed by atoms with Crippen molar-refractivity contribution >= 4 is 13.2 Å². The molecule has 0 spiro atoms. The summed E-state index contributed by atoms with van der Waals surface area (Å²) in [6.07, 6.45) is 0. The zero-order valence-electron chi connectivity index (χ0n) is 9.87. The van der Waals surface area contributed by atoms with Gasteiger partial charge in [-0.05, 0) is 0 Å². The second-order valence-electron chi connectivity index (χ2n) is 2.43. The Labute approximate surface area is 88.0 Å². The Hall–Kier alpha value is -2.17. The van der Waals surface area contributed by atoms with E-state index in [1.54, 1.807) is 0 Å². The lowest BCUT2D eigenvalue weighted by Gasteiger charge is -1.84. The van der Waals surface area contributed by atoms with E-state index < -0.39 is 12.6 Å². The first kappa shape index (κ1) is 8.16. The van der Waals surface area contributed by atoms with Gasteiger partial charge in [-0.2, -0.15) is 0 Å². The molecule has 1 aliphatic heterocycles. The molecule has 0 saturated carbocycles. The van der Waals surface area contributed by atoms with Crippen molar-refractivity contribution in [1.82, 2.24) is 0 Å². The fraction of sp³-hybridized carbons (Fsp3) is 0.100. The topological polar surface area (TPSA) is 61.8 Å². The Morgan fingerprint density at radius 1 is 1.00 bits per heavy atom. The molecule has 2 heterocycles. The molecule has 15 heavy (non-hydrogen) atoms. The molecule has 1 aliphatic rings. The third-order valence-corrected chi connectivity index (χ3v) is 1.36. The van der Waals surface area contributed by atoms with Crippen molar-refractivity contribution in [2.45, 2.75) is 0 Å². The van der Waals surface area contributed by atoms with Crippen LogP contribution in [0.5, 0.6) is 0 Å². The highest BCUT2D eigenvalue weighted by Crippen LogP contribution is 2.15. The average molecular weight is 214 g/mol. The molecular formula is C10H10O5. The summed E-state index contributed by atoms with van der Waals surface area (Å²) >= 11 is 0. The molecule has 0 aliphatic carbocycles. The van der Waals surface area contributed by atoms with Crippen molar-refractivity contribution in [3.05, 3.63) is 46.1 Å². The van der Waals surface area contributed by atoms with E-state index in [-0.39, 0.29) is 22.3 Å². The molecule has 5 nitrogen and oxygen atoms in total. The van der Waals surface area contributed by atoms with Gasteiger partial charge in [0.1, 0.15) is 2.74 Å². The largest absolute Gasteiger partial charge is 0.519 e. The number of rotatable bonds is 0. The van der Waals surface area contributed by atoms with Gasteiger partial charge in [-0.3, -0.25) is 0 Å². The van der Waals surface area contributed by atoms with Crippen LogP contribution >= 0.6 is 0 Å². The summed E-state index contributed by atoms with van der Waals surface area (Å²) in [5.41, 5.74) is 0.380. The van der Waals surface area contributed by atoms with Gasteiger partial charge in [0.05, 0.1) is 0 Å². The van der Waals surface area contributed by atoms with Gasteiger partial charge in [-0.15, -0.1) is 0 Å². The first-order valence-corrected chi connectivity index (χ1v) is 3.75. The van der Waals surface area contributed by atoms with Gasteiger partial charge in [0.2, 0.25) is 6.75 Å². The summed E-state index contributed by atoms with van der Waals surface area (Å²) in [7, 11) is 0. The predicted molar refractivity (Wildman–Crippen MR) is 52.9 cm³/mol. The van der Waals surface area contributed by atoms with Crippen molar-refractivity contribution in [3.63, 3.8) is 0 Å². The third-order valence-electron chi connectivity index (χ3n) is 1.36. The van der Waals surface area contributed by atoms with Crippen molar-refractivity contribution in [2.75, 3.05) is 6.75 Å². The van der Waals surface area contributed by atoms with Gasteiger partial charge in [-0.1, -0.05) is 26.3 Å². The molecule has 1 fully saturated rings. The molecule has 0 radical (unpaired) electrons. The Balaban J connectivity index is 0.000000171. The summed E-state index contributed by atoms with van der Waals surface area (Å²) in [6, 6.07) is 0. The maximum atomic E-state index is 10.1. The van der Waals surface area contributed by atoms with Crippen LogP contribution in [0, 0.1) is 0 Å². The van der Waals surface area contributed by atoms with Crippen LogP contribution in [0.1, 0.15) is 2.74 Å². The second kappa shape index (κ2) is 4.36. The Morgan fingerprint density at radius 2 is 1.40 bits per heavy atom. The van der Waals surface area contributed by atoms with Gasteiger partial charge < -0.3 is 18.3 Å².